The molecule has 0 fully saturated rings. The standard InChI is InChI=1S/C24H11Cl/c25-18-11-16-8-7-14-4-2-12-1-3-13-5-6-15-9-10-17(18)24-22(15)20(13)19(12)21(14)23(16)24/h1-11H. The fourth-order valence-electron chi connectivity index (χ4n) is 4.94. The minimum absolute atomic E-state index is 0.840. The van der Waals surface area contributed by atoms with Crippen LogP contribution in [0.2, 0.25) is 5.02 Å². The predicted octanol–water partition coefficient (Wildman–Crippen LogP) is 7.57. The second-order valence-electron chi connectivity index (χ2n) is 7.10. The zero-order chi connectivity index (χ0) is 16.3. The first-order valence-corrected chi connectivity index (χ1v) is 8.95. The van der Waals surface area contributed by atoms with Crippen LogP contribution in [0, 0.1) is 0 Å². The van der Waals surface area contributed by atoms with Crippen LogP contribution in [0.4, 0.5) is 0 Å². The van der Waals surface area contributed by atoms with E-state index >= 15 is 0 Å². The van der Waals surface area contributed by atoms with E-state index in [4.69, 9.17) is 11.6 Å². The smallest absolute Gasteiger partial charge is 0.0491 e. The zero-order valence-electron chi connectivity index (χ0n) is 13.2. The van der Waals surface area contributed by atoms with Crippen molar-refractivity contribution in [3.05, 3.63) is 71.8 Å². The van der Waals surface area contributed by atoms with Crippen LogP contribution < -0.4 is 0 Å². The number of benzene rings is 7. The van der Waals surface area contributed by atoms with Crippen LogP contribution in [0.25, 0.3) is 64.6 Å². The zero-order valence-corrected chi connectivity index (χ0v) is 14.0. The lowest BCUT2D eigenvalue weighted by atomic mass is 9.83. The molecule has 25 heavy (non-hydrogen) atoms. The van der Waals surface area contributed by atoms with Crippen molar-refractivity contribution < 1.29 is 0 Å². The molecule has 0 aliphatic carbocycles. The molecule has 0 nitrogen and oxygen atoms in total. The third-order valence-corrected chi connectivity index (χ3v) is 6.26. The Morgan fingerprint density at radius 2 is 0.760 bits per heavy atom. The normalized spacial score (nSPS) is 13.0. The number of hydrogen-bond donors (Lipinski definition) is 0. The molecule has 0 radical (unpaired) electrons. The van der Waals surface area contributed by atoms with Crippen LogP contribution in [-0.2, 0) is 0 Å². The Bertz CT molecular complexity index is 1530. The Hall–Kier alpha value is -2.83. The summed E-state index contributed by atoms with van der Waals surface area (Å²) in [5, 5.41) is 16.7. The molecule has 0 bridgehead atoms. The van der Waals surface area contributed by atoms with E-state index in [9.17, 15) is 0 Å². The fraction of sp³-hybridized carbons (Fsp3) is 0. The van der Waals surface area contributed by atoms with Gasteiger partial charge in [-0.15, -0.1) is 0 Å². The van der Waals surface area contributed by atoms with Crippen LogP contribution in [0.3, 0.4) is 0 Å². The van der Waals surface area contributed by atoms with Gasteiger partial charge in [0.05, 0.1) is 0 Å². The van der Waals surface area contributed by atoms with Gasteiger partial charge in [-0.2, -0.15) is 0 Å². The fourth-order valence-corrected chi connectivity index (χ4v) is 5.22. The van der Waals surface area contributed by atoms with Crippen LogP contribution in [-0.4, -0.2) is 0 Å². The molecule has 0 aliphatic heterocycles. The summed E-state index contributed by atoms with van der Waals surface area (Å²) >= 11 is 6.67. The first kappa shape index (κ1) is 12.5. The molecule has 0 aromatic heterocycles. The van der Waals surface area contributed by atoms with E-state index < -0.39 is 0 Å². The van der Waals surface area contributed by atoms with E-state index in [1.807, 2.05) is 0 Å². The monoisotopic (exact) mass is 334 g/mol. The van der Waals surface area contributed by atoms with Crippen molar-refractivity contribution in [1.29, 1.82) is 0 Å². The molecule has 0 amide bonds. The Labute approximate surface area is 148 Å². The summed E-state index contributed by atoms with van der Waals surface area (Å²) in [6.45, 7) is 0. The van der Waals surface area contributed by atoms with Gasteiger partial charge < -0.3 is 0 Å². The van der Waals surface area contributed by atoms with Crippen LogP contribution in [0.5, 0.6) is 0 Å². The van der Waals surface area contributed by atoms with Gasteiger partial charge in [0.15, 0.2) is 0 Å². The van der Waals surface area contributed by atoms with Gasteiger partial charge in [0.1, 0.15) is 0 Å². The molecular formula is C24H11Cl. The van der Waals surface area contributed by atoms with Gasteiger partial charge in [-0.3, -0.25) is 0 Å². The summed E-state index contributed by atoms with van der Waals surface area (Å²) in [5.41, 5.74) is 0. The first-order chi connectivity index (χ1) is 12.3. The molecule has 7 aromatic rings. The lowest BCUT2D eigenvalue weighted by Gasteiger charge is -2.20. The molecule has 7 rings (SSSR count). The second kappa shape index (κ2) is 3.87. The lowest BCUT2D eigenvalue weighted by molar-refractivity contribution is 1.80. The molecule has 0 atom stereocenters. The maximum absolute atomic E-state index is 6.67. The van der Waals surface area contributed by atoms with Gasteiger partial charge in [-0.25, -0.2) is 0 Å². The van der Waals surface area contributed by atoms with E-state index in [1.165, 1.54) is 59.2 Å². The highest BCUT2D eigenvalue weighted by atomic mass is 35.5. The lowest BCUT2D eigenvalue weighted by Crippen LogP contribution is -1.92. The Balaban J connectivity index is 2.10. The summed E-state index contributed by atoms with van der Waals surface area (Å²) < 4.78 is 0. The van der Waals surface area contributed by atoms with Crippen molar-refractivity contribution >= 4 is 76.2 Å². The molecule has 7 aromatic carbocycles. The Morgan fingerprint density at radius 1 is 0.400 bits per heavy atom. The van der Waals surface area contributed by atoms with Crippen LogP contribution >= 0.6 is 11.6 Å². The van der Waals surface area contributed by atoms with Crippen molar-refractivity contribution in [2.45, 2.75) is 0 Å². The molecule has 0 unspecified atom stereocenters. The minimum atomic E-state index is 0.840. The molecule has 0 saturated heterocycles. The molecule has 0 N–H and O–H groups in total. The second-order valence-corrected chi connectivity index (χ2v) is 7.51. The third-order valence-electron chi connectivity index (χ3n) is 5.95. The maximum atomic E-state index is 6.67. The van der Waals surface area contributed by atoms with Gasteiger partial charge in [-0.05, 0) is 59.9 Å². The molecule has 0 aliphatic rings. The Morgan fingerprint density at radius 3 is 1.28 bits per heavy atom. The van der Waals surface area contributed by atoms with Gasteiger partial charge in [0, 0.05) is 15.8 Å². The maximum Gasteiger partial charge on any atom is 0.0491 e. The molecule has 1 heteroatoms. The molecule has 0 spiro atoms. The van der Waals surface area contributed by atoms with Crippen molar-refractivity contribution in [1.82, 2.24) is 0 Å². The summed E-state index contributed by atoms with van der Waals surface area (Å²) in [6.07, 6.45) is 0. The van der Waals surface area contributed by atoms with Crippen molar-refractivity contribution in [2.75, 3.05) is 0 Å². The van der Waals surface area contributed by atoms with Gasteiger partial charge in [0.2, 0.25) is 0 Å². The minimum Gasteiger partial charge on any atom is -0.0836 e. The molecule has 0 saturated carbocycles. The van der Waals surface area contributed by atoms with Crippen molar-refractivity contribution in [2.24, 2.45) is 0 Å². The van der Waals surface area contributed by atoms with Crippen molar-refractivity contribution in [3.8, 4) is 0 Å². The Kier molecular flexibility index (Phi) is 1.94. The van der Waals surface area contributed by atoms with E-state index in [-0.39, 0.29) is 0 Å². The summed E-state index contributed by atoms with van der Waals surface area (Å²) in [5.74, 6) is 0. The summed E-state index contributed by atoms with van der Waals surface area (Å²) in [7, 11) is 0. The van der Waals surface area contributed by atoms with Crippen LogP contribution in [0.15, 0.2) is 66.7 Å². The number of halogens is 1. The number of hydrogen-bond acceptors (Lipinski definition) is 0. The van der Waals surface area contributed by atoms with E-state index in [1.54, 1.807) is 0 Å². The van der Waals surface area contributed by atoms with Gasteiger partial charge in [-0.1, -0.05) is 72.3 Å². The number of rotatable bonds is 0. The SMILES string of the molecule is Clc1cc2ccc3ccc4ccc5ccc6ccc1c1c6c5c4c3c21. The van der Waals surface area contributed by atoms with E-state index in [0.29, 0.717) is 0 Å². The summed E-state index contributed by atoms with van der Waals surface area (Å²) in [6, 6.07) is 24.4. The average molecular weight is 335 g/mol. The van der Waals surface area contributed by atoms with Gasteiger partial charge >= 0.3 is 0 Å². The quantitative estimate of drug-likeness (QED) is 0.198. The highest BCUT2D eigenvalue weighted by Gasteiger charge is 2.20. The average Bonchev–Trinajstić information content (AvgIpc) is 2.66. The van der Waals surface area contributed by atoms with Crippen molar-refractivity contribution in [3.63, 3.8) is 0 Å². The largest absolute Gasteiger partial charge is 0.0836 e. The third kappa shape index (κ3) is 1.27. The van der Waals surface area contributed by atoms with Gasteiger partial charge in [0.25, 0.3) is 0 Å². The van der Waals surface area contributed by atoms with Crippen LogP contribution in [0.1, 0.15) is 0 Å². The van der Waals surface area contributed by atoms with E-state index in [2.05, 4.69) is 66.7 Å². The summed E-state index contributed by atoms with van der Waals surface area (Å²) in [4.78, 5) is 0. The highest BCUT2D eigenvalue weighted by Crippen LogP contribution is 2.49. The molecule has 114 valence electrons. The molecular weight excluding hydrogens is 324 g/mol. The first-order valence-electron chi connectivity index (χ1n) is 8.57. The topological polar surface area (TPSA) is 0 Å². The highest BCUT2D eigenvalue weighted by molar-refractivity contribution is 6.48. The molecule has 0 heterocycles. The van der Waals surface area contributed by atoms with E-state index in [0.717, 1.165) is 10.4 Å². The predicted molar refractivity (Wildman–Crippen MR) is 110 cm³/mol.